The van der Waals surface area contributed by atoms with Crippen LogP contribution >= 0.6 is 0 Å². The van der Waals surface area contributed by atoms with Gasteiger partial charge in [0.15, 0.2) is 0 Å². The number of hydrogen-bond donors (Lipinski definition) is 2. The first kappa shape index (κ1) is 14.8. The summed E-state index contributed by atoms with van der Waals surface area (Å²) in [4.78, 5) is 12.2. The van der Waals surface area contributed by atoms with E-state index in [1.165, 1.54) is 0 Å². The standard InChI is InChI=1S/C18H17NO2/c1-13-5-3-7-16(11-13)18(21)19-17-9-8-15(6-4-10-20)12-14(17)2/h3,5,7-9,11-12,20H,10H2,1-2H3,(H,19,21). The second-order valence-corrected chi connectivity index (χ2v) is 4.81. The summed E-state index contributed by atoms with van der Waals surface area (Å²) in [5, 5.41) is 11.6. The Bertz CT molecular complexity index is 723. The fourth-order valence-electron chi connectivity index (χ4n) is 2.00. The molecule has 0 aliphatic rings. The molecular weight excluding hydrogens is 262 g/mol. The number of aryl methyl sites for hydroxylation is 2. The predicted octanol–water partition coefficient (Wildman–Crippen LogP) is 2.90. The maximum atomic E-state index is 12.2. The molecule has 1 amide bonds. The normalized spacial score (nSPS) is 9.67. The summed E-state index contributed by atoms with van der Waals surface area (Å²) in [6.07, 6.45) is 0. The Morgan fingerprint density at radius 1 is 1.19 bits per heavy atom. The third kappa shape index (κ3) is 3.95. The number of aliphatic hydroxyl groups is 1. The summed E-state index contributed by atoms with van der Waals surface area (Å²) in [5.41, 5.74) is 4.19. The number of amides is 1. The van der Waals surface area contributed by atoms with Crippen molar-refractivity contribution in [2.24, 2.45) is 0 Å². The fourth-order valence-corrected chi connectivity index (χ4v) is 2.00. The highest BCUT2D eigenvalue weighted by Crippen LogP contribution is 2.17. The van der Waals surface area contributed by atoms with Crippen molar-refractivity contribution in [3.8, 4) is 11.8 Å². The highest BCUT2D eigenvalue weighted by atomic mass is 16.2. The highest BCUT2D eigenvalue weighted by Gasteiger charge is 2.07. The van der Waals surface area contributed by atoms with Gasteiger partial charge in [0.25, 0.3) is 5.91 Å². The van der Waals surface area contributed by atoms with Gasteiger partial charge in [-0.1, -0.05) is 29.5 Å². The molecule has 3 nitrogen and oxygen atoms in total. The van der Waals surface area contributed by atoms with E-state index in [4.69, 9.17) is 5.11 Å². The van der Waals surface area contributed by atoms with Crippen LogP contribution in [0.2, 0.25) is 0 Å². The van der Waals surface area contributed by atoms with E-state index in [9.17, 15) is 4.79 Å². The van der Waals surface area contributed by atoms with Crippen LogP contribution in [-0.4, -0.2) is 17.6 Å². The molecule has 0 fully saturated rings. The lowest BCUT2D eigenvalue weighted by atomic mass is 10.1. The summed E-state index contributed by atoms with van der Waals surface area (Å²) >= 11 is 0. The van der Waals surface area contributed by atoms with Crippen molar-refractivity contribution in [3.05, 3.63) is 64.7 Å². The molecule has 2 N–H and O–H groups in total. The number of anilines is 1. The van der Waals surface area contributed by atoms with Crippen molar-refractivity contribution in [1.82, 2.24) is 0 Å². The van der Waals surface area contributed by atoms with Crippen molar-refractivity contribution < 1.29 is 9.90 Å². The first-order valence-electron chi connectivity index (χ1n) is 6.68. The van der Waals surface area contributed by atoms with Gasteiger partial charge in [0.05, 0.1) is 0 Å². The van der Waals surface area contributed by atoms with Crippen molar-refractivity contribution in [1.29, 1.82) is 0 Å². The minimum atomic E-state index is -0.162. The second kappa shape index (κ2) is 6.74. The fraction of sp³-hybridized carbons (Fsp3) is 0.167. The van der Waals surface area contributed by atoms with E-state index in [0.717, 1.165) is 22.4 Å². The molecule has 0 aliphatic heterocycles. The zero-order valence-electron chi connectivity index (χ0n) is 12.1. The van der Waals surface area contributed by atoms with Gasteiger partial charge in [-0.2, -0.15) is 0 Å². The molecule has 0 spiro atoms. The Hall–Kier alpha value is -2.57. The number of benzene rings is 2. The van der Waals surface area contributed by atoms with Gasteiger partial charge in [-0.25, -0.2) is 0 Å². The van der Waals surface area contributed by atoms with Gasteiger partial charge >= 0.3 is 0 Å². The van der Waals surface area contributed by atoms with Crippen molar-refractivity contribution in [2.45, 2.75) is 13.8 Å². The molecule has 3 heteroatoms. The van der Waals surface area contributed by atoms with Crippen LogP contribution in [0.3, 0.4) is 0 Å². The Balaban J connectivity index is 2.18. The van der Waals surface area contributed by atoms with Crippen LogP contribution in [0.25, 0.3) is 0 Å². The quantitative estimate of drug-likeness (QED) is 0.830. The van der Waals surface area contributed by atoms with E-state index in [1.807, 2.05) is 50.2 Å². The molecule has 0 saturated heterocycles. The number of rotatable bonds is 2. The van der Waals surface area contributed by atoms with Crippen LogP contribution in [-0.2, 0) is 0 Å². The molecule has 106 valence electrons. The van der Waals surface area contributed by atoms with Crippen molar-refractivity contribution >= 4 is 11.6 Å². The summed E-state index contributed by atoms with van der Waals surface area (Å²) < 4.78 is 0. The van der Waals surface area contributed by atoms with E-state index in [1.54, 1.807) is 6.07 Å². The number of carbonyl (C=O) groups excluding carboxylic acids is 1. The zero-order valence-corrected chi connectivity index (χ0v) is 12.1. The topological polar surface area (TPSA) is 49.3 Å². The molecule has 0 aromatic heterocycles. The smallest absolute Gasteiger partial charge is 0.255 e. The molecule has 2 aromatic rings. The van der Waals surface area contributed by atoms with Crippen molar-refractivity contribution in [3.63, 3.8) is 0 Å². The molecule has 0 radical (unpaired) electrons. The van der Waals surface area contributed by atoms with Gasteiger partial charge in [-0.05, 0) is 49.7 Å². The predicted molar refractivity (Wildman–Crippen MR) is 84.3 cm³/mol. The first-order chi connectivity index (χ1) is 10.1. The molecule has 0 heterocycles. The molecule has 0 saturated carbocycles. The maximum Gasteiger partial charge on any atom is 0.255 e. The average Bonchev–Trinajstić information content (AvgIpc) is 2.47. The van der Waals surface area contributed by atoms with Crippen molar-refractivity contribution in [2.75, 3.05) is 11.9 Å². The molecule has 21 heavy (non-hydrogen) atoms. The summed E-state index contributed by atoms with van der Waals surface area (Å²) in [7, 11) is 0. The average molecular weight is 279 g/mol. The van der Waals surface area contributed by atoms with E-state index in [2.05, 4.69) is 17.2 Å². The summed E-state index contributed by atoms with van der Waals surface area (Å²) in [6.45, 7) is 3.71. The Labute approximate surface area is 124 Å². The van der Waals surface area contributed by atoms with Gasteiger partial charge in [0, 0.05) is 16.8 Å². The monoisotopic (exact) mass is 279 g/mol. The number of aliphatic hydroxyl groups excluding tert-OH is 1. The summed E-state index contributed by atoms with van der Waals surface area (Å²) in [5.74, 6) is 5.32. The maximum absolute atomic E-state index is 12.2. The van der Waals surface area contributed by atoms with E-state index >= 15 is 0 Å². The van der Waals surface area contributed by atoms with Gasteiger partial charge in [0.2, 0.25) is 0 Å². The Kier molecular flexibility index (Phi) is 4.76. The van der Waals surface area contributed by atoms with Gasteiger partial charge in [-0.15, -0.1) is 0 Å². The SMILES string of the molecule is Cc1cccc(C(=O)Nc2ccc(C#CCO)cc2C)c1. The lowest BCUT2D eigenvalue weighted by Gasteiger charge is -2.09. The lowest BCUT2D eigenvalue weighted by Crippen LogP contribution is -2.12. The van der Waals surface area contributed by atoms with Crippen LogP contribution in [0.15, 0.2) is 42.5 Å². The zero-order chi connectivity index (χ0) is 15.2. The third-order valence-electron chi connectivity index (χ3n) is 3.07. The van der Waals surface area contributed by atoms with Gasteiger partial charge in [-0.3, -0.25) is 4.79 Å². The lowest BCUT2D eigenvalue weighted by molar-refractivity contribution is 0.102. The van der Waals surface area contributed by atoms with E-state index < -0.39 is 0 Å². The molecular formula is C18H17NO2. The van der Waals surface area contributed by atoms with Crippen LogP contribution in [0, 0.1) is 25.7 Å². The number of carbonyl (C=O) groups is 1. The van der Waals surface area contributed by atoms with Crippen LogP contribution in [0.5, 0.6) is 0 Å². The second-order valence-electron chi connectivity index (χ2n) is 4.81. The largest absolute Gasteiger partial charge is 0.384 e. The number of hydrogen-bond acceptors (Lipinski definition) is 2. The highest BCUT2D eigenvalue weighted by molar-refractivity contribution is 6.04. The molecule has 0 atom stereocenters. The van der Waals surface area contributed by atoms with Crippen LogP contribution in [0.4, 0.5) is 5.69 Å². The Morgan fingerprint density at radius 3 is 2.67 bits per heavy atom. The molecule has 2 rings (SSSR count). The van der Waals surface area contributed by atoms with Gasteiger partial charge in [0.1, 0.15) is 6.61 Å². The minimum absolute atomic E-state index is 0.129. The number of nitrogens with one attached hydrogen (secondary N) is 1. The van der Waals surface area contributed by atoms with E-state index in [0.29, 0.717) is 5.56 Å². The van der Waals surface area contributed by atoms with E-state index in [-0.39, 0.29) is 12.5 Å². The van der Waals surface area contributed by atoms with Gasteiger partial charge < -0.3 is 10.4 Å². The molecule has 0 bridgehead atoms. The third-order valence-corrected chi connectivity index (χ3v) is 3.07. The van der Waals surface area contributed by atoms with Crippen LogP contribution in [0.1, 0.15) is 27.0 Å². The first-order valence-corrected chi connectivity index (χ1v) is 6.68. The summed E-state index contributed by atoms with van der Waals surface area (Å²) in [6, 6.07) is 13.0. The molecule has 0 aliphatic carbocycles. The molecule has 2 aromatic carbocycles. The Morgan fingerprint density at radius 2 is 2.00 bits per heavy atom. The molecule has 0 unspecified atom stereocenters. The van der Waals surface area contributed by atoms with Crippen LogP contribution < -0.4 is 5.32 Å². The minimum Gasteiger partial charge on any atom is -0.384 e.